The highest BCUT2D eigenvalue weighted by Gasteiger charge is 2.20. The van der Waals surface area contributed by atoms with Gasteiger partial charge in [-0.15, -0.1) is 11.3 Å². The molecule has 140 valence electrons. The molecule has 0 aliphatic carbocycles. The summed E-state index contributed by atoms with van der Waals surface area (Å²) in [5.41, 5.74) is 1.99. The van der Waals surface area contributed by atoms with E-state index in [-0.39, 0.29) is 5.97 Å². The SMILES string of the molecule is CCOC(=O)c1sc(-c2ccc3c(c2)c(C#N)cn3CC(C)(C)O)nc1C. The lowest BCUT2D eigenvalue weighted by atomic mass is 10.1. The molecule has 0 spiro atoms. The van der Waals surface area contributed by atoms with Crippen LogP contribution in [0.5, 0.6) is 0 Å². The highest BCUT2D eigenvalue weighted by Crippen LogP contribution is 2.32. The molecule has 0 aliphatic rings. The van der Waals surface area contributed by atoms with Crippen molar-refractivity contribution in [1.29, 1.82) is 5.26 Å². The van der Waals surface area contributed by atoms with Gasteiger partial charge in [0.25, 0.3) is 0 Å². The summed E-state index contributed by atoms with van der Waals surface area (Å²) in [6.45, 7) is 7.71. The Kier molecular flexibility index (Phi) is 5.05. The number of ether oxygens (including phenoxy) is 1. The summed E-state index contributed by atoms with van der Waals surface area (Å²) in [5, 5.41) is 21.1. The van der Waals surface area contributed by atoms with Gasteiger partial charge in [0, 0.05) is 22.7 Å². The summed E-state index contributed by atoms with van der Waals surface area (Å²) in [6, 6.07) is 7.95. The number of benzene rings is 1. The van der Waals surface area contributed by atoms with Crippen LogP contribution in [0.3, 0.4) is 0 Å². The molecule has 0 fully saturated rings. The Labute approximate surface area is 161 Å². The van der Waals surface area contributed by atoms with Crippen molar-refractivity contribution in [3.05, 3.63) is 40.5 Å². The van der Waals surface area contributed by atoms with E-state index in [0.29, 0.717) is 34.3 Å². The van der Waals surface area contributed by atoms with Crippen LogP contribution in [0, 0.1) is 18.3 Å². The number of thiazole rings is 1. The number of fused-ring (bicyclic) bond motifs is 1. The molecule has 2 heterocycles. The molecule has 1 N–H and O–H groups in total. The van der Waals surface area contributed by atoms with Gasteiger partial charge in [0.2, 0.25) is 0 Å². The first kappa shape index (κ1) is 19.1. The maximum absolute atomic E-state index is 12.0. The Bertz CT molecular complexity index is 1050. The van der Waals surface area contributed by atoms with Gasteiger partial charge in [-0.3, -0.25) is 0 Å². The summed E-state index contributed by atoms with van der Waals surface area (Å²) in [5.74, 6) is -0.367. The molecule has 27 heavy (non-hydrogen) atoms. The number of esters is 1. The molecule has 0 unspecified atom stereocenters. The lowest BCUT2D eigenvalue weighted by molar-refractivity contribution is 0.0530. The molecule has 0 bridgehead atoms. The quantitative estimate of drug-likeness (QED) is 0.675. The van der Waals surface area contributed by atoms with Crippen molar-refractivity contribution in [2.75, 3.05) is 6.61 Å². The third-order valence-corrected chi connectivity index (χ3v) is 5.25. The number of hydrogen-bond donors (Lipinski definition) is 1. The molecule has 0 atom stereocenters. The Hall–Kier alpha value is -2.69. The molecule has 3 rings (SSSR count). The second-order valence-corrected chi connectivity index (χ2v) is 7.98. The van der Waals surface area contributed by atoms with Crippen LogP contribution in [-0.2, 0) is 11.3 Å². The fraction of sp³-hybridized carbons (Fsp3) is 0.350. The zero-order chi connectivity index (χ0) is 19.8. The van der Waals surface area contributed by atoms with Crippen LogP contribution in [0.25, 0.3) is 21.5 Å². The minimum atomic E-state index is -0.891. The van der Waals surface area contributed by atoms with Crippen molar-refractivity contribution < 1.29 is 14.6 Å². The van der Waals surface area contributed by atoms with Crippen molar-refractivity contribution in [2.45, 2.75) is 39.8 Å². The maximum Gasteiger partial charge on any atom is 0.350 e. The van der Waals surface area contributed by atoms with Crippen LogP contribution in [0.2, 0.25) is 0 Å². The third kappa shape index (κ3) is 3.87. The van der Waals surface area contributed by atoms with Crippen LogP contribution in [0.15, 0.2) is 24.4 Å². The Morgan fingerprint density at radius 1 is 1.44 bits per heavy atom. The van der Waals surface area contributed by atoms with Crippen LogP contribution >= 0.6 is 11.3 Å². The lowest BCUT2D eigenvalue weighted by Crippen LogP contribution is -2.25. The summed E-state index contributed by atoms with van der Waals surface area (Å²) in [7, 11) is 0. The van der Waals surface area contributed by atoms with Crippen molar-refractivity contribution in [2.24, 2.45) is 0 Å². The van der Waals surface area contributed by atoms with Gasteiger partial charge in [-0.2, -0.15) is 5.26 Å². The molecule has 3 aromatic rings. The Balaban J connectivity index is 2.06. The van der Waals surface area contributed by atoms with Crippen molar-refractivity contribution in [3.8, 4) is 16.6 Å². The highest BCUT2D eigenvalue weighted by molar-refractivity contribution is 7.17. The zero-order valence-electron chi connectivity index (χ0n) is 15.7. The molecule has 1 aromatic carbocycles. The van der Waals surface area contributed by atoms with Crippen LogP contribution in [-0.4, -0.2) is 32.8 Å². The summed E-state index contributed by atoms with van der Waals surface area (Å²) in [4.78, 5) is 17.0. The predicted octanol–water partition coefficient (Wildman–Crippen LogP) is 3.89. The molecule has 6 nitrogen and oxygen atoms in total. The first-order valence-electron chi connectivity index (χ1n) is 8.64. The smallest absolute Gasteiger partial charge is 0.350 e. The summed E-state index contributed by atoms with van der Waals surface area (Å²) >= 11 is 1.28. The minimum absolute atomic E-state index is 0.317. The van der Waals surface area contributed by atoms with Gasteiger partial charge >= 0.3 is 5.97 Å². The van der Waals surface area contributed by atoms with Gasteiger partial charge in [-0.05, 0) is 45.9 Å². The van der Waals surface area contributed by atoms with Gasteiger partial charge in [-0.25, -0.2) is 9.78 Å². The van der Waals surface area contributed by atoms with E-state index in [0.717, 1.165) is 16.5 Å². The largest absolute Gasteiger partial charge is 0.462 e. The first-order chi connectivity index (χ1) is 12.7. The second-order valence-electron chi connectivity index (χ2n) is 6.98. The van der Waals surface area contributed by atoms with Crippen molar-refractivity contribution in [3.63, 3.8) is 0 Å². The van der Waals surface area contributed by atoms with E-state index >= 15 is 0 Å². The number of rotatable bonds is 5. The minimum Gasteiger partial charge on any atom is -0.462 e. The first-order valence-corrected chi connectivity index (χ1v) is 9.45. The molecular weight excluding hydrogens is 362 g/mol. The number of aromatic nitrogens is 2. The normalized spacial score (nSPS) is 11.6. The monoisotopic (exact) mass is 383 g/mol. The van der Waals surface area contributed by atoms with E-state index in [1.165, 1.54) is 11.3 Å². The lowest BCUT2D eigenvalue weighted by Gasteiger charge is -2.18. The van der Waals surface area contributed by atoms with Crippen LogP contribution < -0.4 is 0 Å². The number of hydrogen-bond acceptors (Lipinski definition) is 6. The number of carbonyl (C=O) groups excluding carboxylic acids is 1. The van der Waals surface area contributed by atoms with E-state index in [1.807, 2.05) is 22.8 Å². The van der Waals surface area contributed by atoms with Crippen LogP contribution in [0.1, 0.15) is 41.7 Å². The van der Waals surface area contributed by atoms with Gasteiger partial charge in [-0.1, -0.05) is 0 Å². The Morgan fingerprint density at radius 2 is 2.19 bits per heavy atom. The van der Waals surface area contributed by atoms with E-state index in [9.17, 15) is 15.2 Å². The van der Waals surface area contributed by atoms with E-state index in [4.69, 9.17) is 4.74 Å². The fourth-order valence-corrected chi connectivity index (χ4v) is 3.93. The topological polar surface area (TPSA) is 88.1 Å². The summed E-state index contributed by atoms with van der Waals surface area (Å²) < 4.78 is 6.96. The molecule has 0 saturated heterocycles. The number of nitrogens with zero attached hydrogens (tertiary/aromatic N) is 3. The zero-order valence-corrected chi connectivity index (χ0v) is 16.6. The number of nitriles is 1. The van der Waals surface area contributed by atoms with Crippen molar-refractivity contribution >= 4 is 28.2 Å². The Morgan fingerprint density at radius 3 is 2.81 bits per heavy atom. The van der Waals surface area contributed by atoms with E-state index in [1.54, 1.807) is 33.9 Å². The number of aryl methyl sites for hydroxylation is 1. The second kappa shape index (κ2) is 7.14. The standard InChI is InChI=1S/C20H21N3O3S/c1-5-26-19(24)17-12(2)22-18(27-17)13-6-7-16-15(8-13)14(9-21)10-23(16)11-20(3,4)25/h6-8,10,25H,5,11H2,1-4H3. The summed E-state index contributed by atoms with van der Waals surface area (Å²) in [6.07, 6.45) is 1.75. The average Bonchev–Trinajstić information content (AvgIpc) is 3.14. The molecule has 0 amide bonds. The molecule has 0 saturated carbocycles. The highest BCUT2D eigenvalue weighted by atomic mass is 32.1. The van der Waals surface area contributed by atoms with Gasteiger partial charge in [0.15, 0.2) is 0 Å². The average molecular weight is 383 g/mol. The van der Waals surface area contributed by atoms with Gasteiger partial charge in [0.1, 0.15) is 16.0 Å². The number of aliphatic hydroxyl groups is 1. The molecule has 0 aliphatic heterocycles. The molecule has 0 radical (unpaired) electrons. The predicted molar refractivity (Wildman–Crippen MR) is 105 cm³/mol. The van der Waals surface area contributed by atoms with Crippen LogP contribution in [0.4, 0.5) is 0 Å². The van der Waals surface area contributed by atoms with E-state index in [2.05, 4.69) is 11.1 Å². The molecule has 2 aromatic heterocycles. The molecular formula is C20H21N3O3S. The van der Waals surface area contributed by atoms with Crippen molar-refractivity contribution in [1.82, 2.24) is 9.55 Å². The number of carbonyl (C=O) groups is 1. The fourth-order valence-electron chi connectivity index (χ4n) is 2.97. The molecule has 7 heteroatoms. The van der Waals surface area contributed by atoms with Gasteiger partial charge < -0.3 is 14.4 Å². The van der Waals surface area contributed by atoms with Gasteiger partial charge in [0.05, 0.1) is 30.0 Å². The maximum atomic E-state index is 12.0. The van der Waals surface area contributed by atoms with E-state index < -0.39 is 5.60 Å². The third-order valence-electron chi connectivity index (χ3n) is 4.06.